The number of carboxylic acid groups (broad SMARTS) is 1. The Bertz CT molecular complexity index is 333. The topological polar surface area (TPSA) is 37.3 Å². The molecule has 0 bridgehead atoms. The Morgan fingerprint density at radius 1 is 1.40 bits per heavy atom. The number of hydrogen-bond donors (Lipinski definition) is 1. The van der Waals surface area contributed by atoms with E-state index in [9.17, 15) is 4.79 Å². The maximum Gasteiger partial charge on any atom is 0.310 e. The largest absolute Gasteiger partial charge is 0.481 e. The number of carbonyl (C=O) groups is 1. The first-order valence-corrected chi connectivity index (χ1v) is 5.29. The zero-order valence-corrected chi connectivity index (χ0v) is 9.66. The minimum atomic E-state index is -0.905. The van der Waals surface area contributed by atoms with Gasteiger partial charge in [-0.3, -0.25) is 4.79 Å². The lowest BCUT2D eigenvalue weighted by molar-refractivity contribution is -0.146. The molecule has 1 unspecified atom stereocenters. The number of benzene rings is 1. The summed E-state index contributed by atoms with van der Waals surface area (Å²) in [5.74, 6) is -0.863. The third kappa shape index (κ3) is 2.96. The Labute approximate surface area is 94.9 Å². The van der Waals surface area contributed by atoms with E-state index in [4.69, 9.17) is 16.7 Å². The van der Waals surface area contributed by atoms with E-state index in [1.54, 1.807) is 13.8 Å². The van der Waals surface area contributed by atoms with Crippen molar-refractivity contribution in [2.75, 3.05) is 0 Å². The molecule has 0 saturated heterocycles. The summed E-state index contributed by atoms with van der Waals surface area (Å²) in [7, 11) is 0. The van der Waals surface area contributed by atoms with E-state index in [0.717, 1.165) is 5.56 Å². The minimum absolute atomic E-state index is 0.405. The second-order valence-electron chi connectivity index (χ2n) is 4.18. The first-order valence-electron chi connectivity index (χ1n) is 4.86. The second kappa shape index (κ2) is 4.67. The van der Waals surface area contributed by atoms with Crippen LogP contribution in [0.5, 0.6) is 0 Å². The fourth-order valence-electron chi connectivity index (χ4n) is 1.21. The summed E-state index contributed by atoms with van der Waals surface area (Å²) in [6.45, 7) is 3.30. The van der Waals surface area contributed by atoms with Crippen molar-refractivity contribution in [1.29, 1.82) is 0 Å². The number of aliphatic carboxylic acids is 1. The zero-order valence-electron chi connectivity index (χ0n) is 8.90. The second-order valence-corrected chi connectivity index (χ2v) is 4.71. The van der Waals surface area contributed by atoms with Crippen LogP contribution >= 0.6 is 11.6 Å². The van der Waals surface area contributed by atoms with Gasteiger partial charge in [0.1, 0.15) is 0 Å². The summed E-state index contributed by atoms with van der Waals surface area (Å²) < 4.78 is 0. The fourth-order valence-corrected chi connectivity index (χ4v) is 1.48. The molecule has 0 aliphatic rings. The van der Waals surface area contributed by atoms with Crippen LogP contribution in [0.4, 0.5) is 0 Å². The van der Waals surface area contributed by atoms with Crippen molar-refractivity contribution < 1.29 is 9.90 Å². The van der Waals surface area contributed by atoms with Gasteiger partial charge in [-0.1, -0.05) is 30.3 Å². The molecule has 0 saturated carbocycles. The monoisotopic (exact) mass is 226 g/mol. The van der Waals surface area contributed by atoms with Gasteiger partial charge in [0.05, 0.1) is 10.8 Å². The summed E-state index contributed by atoms with van der Waals surface area (Å²) in [6, 6.07) is 9.68. The van der Waals surface area contributed by atoms with Crippen molar-refractivity contribution in [2.45, 2.75) is 25.6 Å². The van der Waals surface area contributed by atoms with E-state index in [1.807, 2.05) is 30.3 Å². The summed E-state index contributed by atoms with van der Waals surface area (Å²) >= 11 is 6.12. The normalized spacial score (nSPS) is 13.5. The van der Waals surface area contributed by atoms with Crippen molar-refractivity contribution >= 4 is 17.6 Å². The van der Waals surface area contributed by atoms with Crippen molar-refractivity contribution in [3.8, 4) is 0 Å². The molecule has 1 rings (SSSR count). The molecule has 82 valence electrons. The molecule has 15 heavy (non-hydrogen) atoms. The molecule has 0 radical (unpaired) electrons. The molecule has 1 N–H and O–H groups in total. The Kier molecular flexibility index (Phi) is 3.75. The molecule has 1 aromatic rings. The molecule has 2 nitrogen and oxygen atoms in total. The number of hydrogen-bond acceptors (Lipinski definition) is 1. The van der Waals surface area contributed by atoms with Crippen LogP contribution in [0.15, 0.2) is 30.3 Å². The summed E-state index contributed by atoms with van der Waals surface area (Å²) in [5.41, 5.74) is 0.157. The van der Waals surface area contributed by atoms with Crippen LogP contribution in [0.25, 0.3) is 0 Å². The molecule has 0 heterocycles. The van der Waals surface area contributed by atoms with Crippen LogP contribution in [0.3, 0.4) is 0 Å². The first-order chi connectivity index (χ1) is 6.94. The lowest BCUT2D eigenvalue weighted by Gasteiger charge is -2.25. The van der Waals surface area contributed by atoms with Gasteiger partial charge in [0.2, 0.25) is 0 Å². The molecule has 0 amide bonds. The zero-order chi connectivity index (χ0) is 11.5. The highest BCUT2D eigenvalue weighted by Gasteiger charge is 2.35. The van der Waals surface area contributed by atoms with Crippen LogP contribution in [0.2, 0.25) is 0 Å². The highest BCUT2D eigenvalue weighted by atomic mass is 35.5. The van der Waals surface area contributed by atoms with Gasteiger partial charge in [0, 0.05) is 0 Å². The average molecular weight is 227 g/mol. The highest BCUT2D eigenvalue weighted by Crippen LogP contribution is 2.28. The van der Waals surface area contributed by atoms with Crippen LogP contribution < -0.4 is 0 Å². The highest BCUT2D eigenvalue weighted by molar-refractivity contribution is 6.22. The average Bonchev–Trinajstić information content (AvgIpc) is 2.18. The lowest BCUT2D eigenvalue weighted by Crippen LogP contribution is -2.34. The summed E-state index contributed by atoms with van der Waals surface area (Å²) in [4.78, 5) is 11.0. The third-order valence-electron chi connectivity index (χ3n) is 2.59. The van der Waals surface area contributed by atoms with Crippen molar-refractivity contribution in [3.05, 3.63) is 35.9 Å². The lowest BCUT2D eigenvalue weighted by atomic mass is 9.86. The third-order valence-corrected chi connectivity index (χ3v) is 3.29. The van der Waals surface area contributed by atoms with Gasteiger partial charge in [-0.05, 0) is 25.8 Å². The van der Waals surface area contributed by atoms with Gasteiger partial charge in [0.25, 0.3) is 0 Å². The van der Waals surface area contributed by atoms with Crippen LogP contribution in [-0.2, 0) is 11.2 Å². The molecule has 0 aromatic heterocycles. The van der Waals surface area contributed by atoms with Crippen molar-refractivity contribution in [1.82, 2.24) is 0 Å². The quantitative estimate of drug-likeness (QED) is 0.802. The Morgan fingerprint density at radius 2 is 1.93 bits per heavy atom. The van der Waals surface area contributed by atoms with E-state index in [0.29, 0.717) is 6.42 Å². The Morgan fingerprint density at radius 3 is 2.40 bits per heavy atom. The molecule has 1 aromatic carbocycles. The van der Waals surface area contributed by atoms with Gasteiger partial charge in [-0.25, -0.2) is 0 Å². The molecule has 0 aliphatic carbocycles. The fraction of sp³-hybridized carbons (Fsp3) is 0.417. The van der Waals surface area contributed by atoms with Gasteiger partial charge >= 0.3 is 5.97 Å². The maximum absolute atomic E-state index is 11.0. The van der Waals surface area contributed by atoms with E-state index < -0.39 is 16.8 Å². The van der Waals surface area contributed by atoms with Gasteiger partial charge < -0.3 is 5.11 Å². The maximum atomic E-state index is 11.0. The van der Waals surface area contributed by atoms with E-state index in [2.05, 4.69) is 0 Å². The molecule has 0 spiro atoms. The van der Waals surface area contributed by atoms with E-state index in [-0.39, 0.29) is 0 Å². The standard InChI is InChI=1S/C12H15ClO2/c1-12(2,11(14)15)10(13)8-9-6-4-3-5-7-9/h3-7,10H,8H2,1-2H3,(H,14,15). The molecule has 0 fully saturated rings. The number of alkyl halides is 1. The summed E-state index contributed by atoms with van der Waals surface area (Å²) in [5, 5.41) is 8.60. The molecular weight excluding hydrogens is 212 g/mol. The molecule has 1 atom stereocenters. The smallest absolute Gasteiger partial charge is 0.310 e. The van der Waals surface area contributed by atoms with Crippen LogP contribution in [0, 0.1) is 5.41 Å². The van der Waals surface area contributed by atoms with E-state index >= 15 is 0 Å². The van der Waals surface area contributed by atoms with E-state index in [1.165, 1.54) is 0 Å². The Hall–Kier alpha value is -1.02. The minimum Gasteiger partial charge on any atom is -0.481 e. The van der Waals surface area contributed by atoms with Crippen LogP contribution in [-0.4, -0.2) is 16.5 Å². The number of carboxylic acids is 1. The van der Waals surface area contributed by atoms with Crippen molar-refractivity contribution in [3.63, 3.8) is 0 Å². The van der Waals surface area contributed by atoms with Crippen molar-refractivity contribution in [2.24, 2.45) is 5.41 Å². The molecule has 3 heteroatoms. The predicted octanol–water partition coefficient (Wildman–Crippen LogP) is 2.95. The SMILES string of the molecule is CC(C)(C(=O)O)C(Cl)Cc1ccccc1. The molecular formula is C12H15ClO2. The summed E-state index contributed by atoms with van der Waals surface area (Å²) in [6.07, 6.45) is 0.571. The molecule has 0 aliphatic heterocycles. The number of halogens is 1. The van der Waals surface area contributed by atoms with Gasteiger partial charge in [-0.15, -0.1) is 11.6 Å². The first kappa shape index (κ1) is 12.1. The van der Waals surface area contributed by atoms with Gasteiger partial charge in [0.15, 0.2) is 0 Å². The van der Waals surface area contributed by atoms with Gasteiger partial charge in [-0.2, -0.15) is 0 Å². The van der Waals surface area contributed by atoms with Crippen LogP contribution in [0.1, 0.15) is 19.4 Å². The predicted molar refractivity (Wildman–Crippen MR) is 61.2 cm³/mol. The Balaban J connectivity index is 2.72. The number of rotatable bonds is 4.